The predicted molar refractivity (Wildman–Crippen MR) is 60.0 cm³/mol. The lowest BCUT2D eigenvalue weighted by atomic mass is 10.3. The summed E-state index contributed by atoms with van der Waals surface area (Å²) in [4.78, 5) is 20.8. The highest BCUT2D eigenvalue weighted by molar-refractivity contribution is 7.99. The number of carboxylic acid groups (broad SMARTS) is 1. The molecule has 15 heavy (non-hydrogen) atoms. The van der Waals surface area contributed by atoms with Gasteiger partial charge in [-0.2, -0.15) is 11.8 Å². The van der Waals surface area contributed by atoms with Crippen molar-refractivity contribution in [3.63, 3.8) is 0 Å². The molecule has 0 aromatic carbocycles. The van der Waals surface area contributed by atoms with Crippen LogP contribution >= 0.6 is 11.8 Å². The number of ether oxygens (including phenoxy) is 1. The highest BCUT2D eigenvalue weighted by Crippen LogP contribution is 2.06. The number of esters is 1. The topological polar surface area (TPSA) is 63.6 Å². The Labute approximate surface area is 93.7 Å². The van der Waals surface area contributed by atoms with Crippen molar-refractivity contribution in [2.45, 2.75) is 19.3 Å². The number of carboxylic acids is 1. The van der Waals surface area contributed by atoms with Crippen molar-refractivity contribution in [1.82, 2.24) is 0 Å². The molecule has 0 aliphatic rings. The number of hydrogen-bond donors (Lipinski definition) is 1. The molecule has 0 rings (SSSR count). The quantitative estimate of drug-likeness (QED) is 0.372. The van der Waals surface area contributed by atoms with E-state index in [1.165, 1.54) is 0 Å². The summed E-state index contributed by atoms with van der Waals surface area (Å²) in [5, 5.41) is 8.37. The number of thioether (sulfide) groups is 1. The summed E-state index contributed by atoms with van der Waals surface area (Å²) in [6.45, 7) is 3.66. The number of aliphatic carboxylic acids is 1. The number of carbonyl (C=O) groups is 2. The van der Waals surface area contributed by atoms with Gasteiger partial charge in [-0.05, 0) is 18.6 Å². The first kappa shape index (κ1) is 14.0. The van der Waals surface area contributed by atoms with E-state index in [2.05, 4.69) is 6.58 Å². The average molecular weight is 232 g/mol. The van der Waals surface area contributed by atoms with E-state index >= 15 is 0 Å². The van der Waals surface area contributed by atoms with Gasteiger partial charge in [0.2, 0.25) is 0 Å². The van der Waals surface area contributed by atoms with E-state index in [4.69, 9.17) is 9.84 Å². The van der Waals surface area contributed by atoms with Gasteiger partial charge in [0.05, 0.1) is 0 Å². The van der Waals surface area contributed by atoms with Gasteiger partial charge in [0.15, 0.2) is 0 Å². The SMILES string of the molecule is C=CC(=O)OCCSCCCCC(=O)O. The molecule has 0 aliphatic heterocycles. The van der Waals surface area contributed by atoms with Gasteiger partial charge >= 0.3 is 11.9 Å². The van der Waals surface area contributed by atoms with Gasteiger partial charge in [-0.1, -0.05) is 6.58 Å². The summed E-state index contributed by atoms with van der Waals surface area (Å²) in [7, 11) is 0. The molecule has 0 aliphatic carbocycles. The molecule has 0 spiro atoms. The maximum atomic E-state index is 10.6. The molecule has 0 aromatic heterocycles. The van der Waals surface area contributed by atoms with Gasteiger partial charge in [-0.15, -0.1) is 0 Å². The van der Waals surface area contributed by atoms with Crippen LogP contribution in [-0.2, 0) is 14.3 Å². The van der Waals surface area contributed by atoms with Gasteiger partial charge in [0.1, 0.15) is 6.61 Å². The van der Waals surface area contributed by atoms with E-state index < -0.39 is 11.9 Å². The summed E-state index contributed by atoms with van der Waals surface area (Å²) in [6.07, 6.45) is 2.95. The highest BCUT2D eigenvalue weighted by Gasteiger charge is 1.97. The third-order valence-electron chi connectivity index (χ3n) is 1.57. The molecule has 0 saturated heterocycles. The van der Waals surface area contributed by atoms with Crippen molar-refractivity contribution in [2.24, 2.45) is 0 Å². The molecular formula is C10H16O4S. The van der Waals surface area contributed by atoms with Gasteiger partial charge in [0.25, 0.3) is 0 Å². The van der Waals surface area contributed by atoms with E-state index in [1.54, 1.807) is 11.8 Å². The maximum absolute atomic E-state index is 10.6. The van der Waals surface area contributed by atoms with E-state index in [1.807, 2.05) is 0 Å². The van der Waals surface area contributed by atoms with E-state index in [0.717, 1.165) is 24.0 Å². The molecular weight excluding hydrogens is 216 g/mol. The number of carbonyl (C=O) groups excluding carboxylic acids is 1. The smallest absolute Gasteiger partial charge is 0.330 e. The largest absolute Gasteiger partial charge is 0.481 e. The van der Waals surface area contributed by atoms with Crippen molar-refractivity contribution < 1.29 is 19.4 Å². The molecule has 0 aromatic rings. The average Bonchev–Trinajstić information content (AvgIpc) is 2.21. The fraction of sp³-hybridized carbons (Fsp3) is 0.600. The Bertz CT molecular complexity index is 215. The lowest BCUT2D eigenvalue weighted by Gasteiger charge is -2.01. The lowest BCUT2D eigenvalue weighted by Crippen LogP contribution is -2.04. The third-order valence-corrected chi connectivity index (χ3v) is 2.60. The number of unbranched alkanes of at least 4 members (excludes halogenated alkanes) is 1. The molecule has 5 heteroatoms. The predicted octanol–water partition coefficient (Wildman–Crippen LogP) is 1.70. The Morgan fingerprint density at radius 3 is 2.67 bits per heavy atom. The van der Waals surface area contributed by atoms with Crippen molar-refractivity contribution in [1.29, 1.82) is 0 Å². The van der Waals surface area contributed by atoms with Gasteiger partial charge in [-0.3, -0.25) is 4.79 Å². The van der Waals surface area contributed by atoms with Crippen LogP contribution in [0, 0.1) is 0 Å². The molecule has 0 amide bonds. The minimum absolute atomic E-state index is 0.228. The standard InChI is InChI=1S/C10H16O4S/c1-2-10(13)14-6-8-15-7-4-3-5-9(11)12/h2H,1,3-8H2,(H,11,12). The number of hydrogen-bond acceptors (Lipinski definition) is 4. The van der Waals surface area contributed by atoms with Crippen LogP contribution < -0.4 is 0 Å². The molecule has 4 nitrogen and oxygen atoms in total. The second-order valence-corrected chi connectivity index (χ2v) is 4.06. The van der Waals surface area contributed by atoms with E-state index in [-0.39, 0.29) is 6.42 Å². The first-order valence-corrected chi connectivity index (χ1v) is 5.91. The second-order valence-electron chi connectivity index (χ2n) is 2.83. The zero-order valence-electron chi connectivity index (χ0n) is 8.61. The van der Waals surface area contributed by atoms with E-state index in [9.17, 15) is 9.59 Å². The van der Waals surface area contributed by atoms with Crippen LogP contribution in [0.3, 0.4) is 0 Å². The second kappa shape index (κ2) is 9.58. The first-order valence-electron chi connectivity index (χ1n) is 4.75. The van der Waals surface area contributed by atoms with Crippen LogP contribution in [0.1, 0.15) is 19.3 Å². The van der Waals surface area contributed by atoms with Crippen molar-refractivity contribution >= 4 is 23.7 Å². The van der Waals surface area contributed by atoms with Crippen LogP contribution in [0.15, 0.2) is 12.7 Å². The number of rotatable bonds is 9. The summed E-state index contributed by atoms with van der Waals surface area (Å²) < 4.78 is 4.76. The van der Waals surface area contributed by atoms with Gasteiger partial charge < -0.3 is 9.84 Å². The van der Waals surface area contributed by atoms with Gasteiger partial charge in [0, 0.05) is 18.2 Å². The molecule has 0 fully saturated rings. The Morgan fingerprint density at radius 2 is 2.07 bits per heavy atom. The van der Waals surface area contributed by atoms with Crippen molar-refractivity contribution in [2.75, 3.05) is 18.1 Å². The van der Waals surface area contributed by atoms with Crippen LogP contribution in [0.5, 0.6) is 0 Å². The van der Waals surface area contributed by atoms with Crippen LogP contribution in [0.4, 0.5) is 0 Å². The fourth-order valence-corrected chi connectivity index (χ4v) is 1.66. The van der Waals surface area contributed by atoms with Gasteiger partial charge in [-0.25, -0.2) is 4.79 Å². The molecule has 0 saturated carbocycles. The third kappa shape index (κ3) is 11.0. The lowest BCUT2D eigenvalue weighted by molar-refractivity contribution is -0.138. The Hall–Kier alpha value is -0.970. The normalized spacial score (nSPS) is 9.60. The highest BCUT2D eigenvalue weighted by atomic mass is 32.2. The molecule has 0 unspecified atom stereocenters. The molecule has 0 bridgehead atoms. The summed E-state index contributed by atoms with van der Waals surface area (Å²) in [5.41, 5.74) is 0. The molecule has 0 atom stereocenters. The Morgan fingerprint density at radius 1 is 1.33 bits per heavy atom. The van der Waals surface area contributed by atoms with Crippen molar-refractivity contribution in [3.8, 4) is 0 Å². The zero-order valence-corrected chi connectivity index (χ0v) is 9.42. The molecule has 0 heterocycles. The fourth-order valence-electron chi connectivity index (χ4n) is 0.843. The maximum Gasteiger partial charge on any atom is 0.330 e. The minimum atomic E-state index is -0.750. The summed E-state index contributed by atoms with van der Waals surface area (Å²) >= 11 is 1.65. The molecule has 0 radical (unpaired) electrons. The molecule has 1 N–H and O–H groups in total. The summed E-state index contributed by atoms with van der Waals surface area (Å²) in [5.74, 6) is 0.493. The van der Waals surface area contributed by atoms with E-state index in [0.29, 0.717) is 13.0 Å². The monoisotopic (exact) mass is 232 g/mol. The van der Waals surface area contributed by atoms with Crippen LogP contribution in [0.2, 0.25) is 0 Å². The van der Waals surface area contributed by atoms with Crippen LogP contribution in [-0.4, -0.2) is 35.2 Å². The zero-order chi connectivity index (χ0) is 11.5. The van der Waals surface area contributed by atoms with Crippen molar-refractivity contribution in [3.05, 3.63) is 12.7 Å². The minimum Gasteiger partial charge on any atom is -0.481 e. The Balaban J connectivity index is 3.08. The molecule has 86 valence electrons. The first-order chi connectivity index (χ1) is 7.16. The summed E-state index contributed by atoms with van der Waals surface area (Å²) in [6, 6.07) is 0. The van der Waals surface area contributed by atoms with Crippen LogP contribution in [0.25, 0.3) is 0 Å². The Kier molecular flexibility index (Phi) is 8.96.